The van der Waals surface area contributed by atoms with Crippen molar-refractivity contribution in [2.75, 3.05) is 0 Å². The minimum Gasteiger partial charge on any atom is -0.383 e. The number of rotatable bonds is 1. The molecule has 1 aliphatic rings. The van der Waals surface area contributed by atoms with Crippen LogP contribution < -0.4 is 0 Å². The Kier molecular flexibility index (Phi) is 2.71. The van der Waals surface area contributed by atoms with Crippen LogP contribution in [0, 0.1) is 0 Å². The summed E-state index contributed by atoms with van der Waals surface area (Å²) in [7, 11) is 0. The third kappa shape index (κ3) is 1.66. The molecule has 3 aromatic rings. The average molecular weight is 302 g/mol. The van der Waals surface area contributed by atoms with E-state index in [1.807, 2.05) is 29.6 Å². The Morgan fingerprint density at radius 3 is 2.45 bits per heavy atom. The molecule has 0 aliphatic heterocycles. The minimum atomic E-state index is -0.783. The molecule has 100 valence electrons. The number of fused-ring (bicyclic) bond motifs is 2. The van der Waals surface area contributed by atoms with E-state index in [-0.39, 0.29) is 0 Å². The predicted octanol–water partition coefficient (Wildman–Crippen LogP) is 2.74. The van der Waals surface area contributed by atoms with Crippen LogP contribution in [0.15, 0.2) is 35.8 Å². The molecule has 1 aliphatic carbocycles. The topological polar surface area (TPSA) is 66.2 Å². The van der Waals surface area contributed by atoms with Gasteiger partial charge in [-0.15, -0.1) is 22.7 Å². The quantitative estimate of drug-likeness (QED) is 0.725. The van der Waals surface area contributed by atoms with Gasteiger partial charge in [-0.2, -0.15) is 0 Å². The van der Waals surface area contributed by atoms with Gasteiger partial charge in [-0.05, 0) is 11.1 Å². The van der Waals surface area contributed by atoms with Crippen molar-refractivity contribution in [3.05, 3.63) is 57.5 Å². The van der Waals surface area contributed by atoms with Crippen LogP contribution >= 0.6 is 22.7 Å². The molecule has 0 amide bonds. The first-order chi connectivity index (χ1) is 9.75. The average Bonchev–Trinajstić information content (AvgIpc) is 3.13. The van der Waals surface area contributed by atoms with Crippen molar-refractivity contribution in [1.82, 2.24) is 9.97 Å². The van der Waals surface area contributed by atoms with Gasteiger partial charge in [-0.1, -0.05) is 24.3 Å². The van der Waals surface area contributed by atoms with Gasteiger partial charge in [0.05, 0.1) is 10.6 Å². The van der Waals surface area contributed by atoms with Crippen molar-refractivity contribution >= 4 is 22.7 Å². The van der Waals surface area contributed by atoms with E-state index in [0.717, 1.165) is 21.1 Å². The summed E-state index contributed by atoms with van der Waals surface area (Å²) in [6.45, 7) is 0. The maximum Gasteiger partial charge on any atom is 0.152 e. The Labute approximate surface area is 123 Å². The Balaban J connectivity index is 1.89. The van der Waals surface area contributed by atoms with Gasteiger partial charge in [0.25, 0.3) is 0 Å². The van der Waals surface area contributed by atoms with Gasteiger partial charge in [-0.3, -0.25) is 0 Å². The Bertz CT molecular complexity index is 721. The number of hydrogen-bond donors (Lipinski definition) is 2. The number of aliphatic hydroxyl groups is 2. The van der Waals surface area contributed by atoms with Crippen molar-refractivity contribution in [3.8, 4) is 10.0 Å². The highest BCUT2D eigenvalue weighted by atomic mass is 32.1. The summed E-state index contributed by atoms with van der Waals surface area (Å²) in [6, 6.07) is 7.39. The van der Waals surface area contributed by atoms with Crippen LogP contribution in [0.3, 0.4) is 0 Å². The lowest BCUT2D eigenvalue weighted by atomic mass is 9.89. The van der Waals surface area contributed by atoms with Crippen LogP contribution in [0.5, 0.6) is 0 Å². The second-order valence-corrected chi connectivity index (χ2v) is 6.46. The highest BCUT2D eigenvalue weighted by Crippen LogP contribution is 2.45. The summed E-state index contributed by atoms with van der Waals surface area (Å²) in [4.78, 5) is 9.42. The Morgan fingerprint density at radius 2 is 1.75 bits per heavy atom. The summed E-state index contributed by atoms with van der Waals surface area (Å²) in [5.74, 6) is 0. The van der Waals surface area contributed by atoms with Crippen LogP contribution in [0.1, 0.15) is 33.9 Å². The SMILES string of the molecule is OC1c2ccccc2C(O)c2sc(-c3nccs3)nc21. The largest absolute Gasteiger partial charge is 0.383 e. The van der Waals surface area contributed by atoms with Gasteiger partial charge in [0.1, 0.15) is 12.2 Å². The molecular weight excluding hydrogens is 292 g/mol. The molecule has 0 saturated heterocycles. The van der Waals surface area contributed by atoms with Crippen molar-refractivity contribution in [2.24, 2.45) is 0 Å². The van der Waals surface area contributed by atoms with E-state index >= 15 is 0 Å². The predicted molar refractivity (Wildman–Crippen MR) is 77.8 cm³/mol. The van der Waals surface area contributed by atoms with Crippen LogP contribution in [0.4, 0.5) is 0 Å². The molecule has 0 radical (unpaired) electrons. The molecule has 20 heavy (non-hydrogen) atoms. The number of thiazole rings is 2. The standard InChI is InChI=1S/C14H10N2O2S2/c17-10-7-3-1-2-4-8(7)11(18)12-9(10)16-14(20-12)13-15-5-6-19-13/h1-6,10-11,17-18H. The van der Waals surface area contributed by atoms with E-state index in [1.54, 1.807) is 6.20 Å². The first kappa shape index (κ1) is 12.2. The second kappa shape index (κ2) is 4.46. The van der Waals surface area contributed by atoms with Gasteiger partial charge in [0.15, 0.2) is 10.0 Å². The first-order valence-electron chi connectivity index (χ1n) is 6.11. The number of nitrogens with zero attached hydrogens (tertiary/aromatic N) is 2. The number of aromatic nitrogens is 2. The van der Waals surface area contributed by atoms with Gasteiger partial charge in [0, 0.05) is 11.6 Å². The van der Waals surface area contributed by atoms with Gasteiger partial charge in [-0.25, -0.2) is 9.97 Å². The van der Waals surface area contributed by atoms with E-state index < -0.39 is 12.2 Å². The molecule has 0 fully saturated rings. The summed E-state index contributed by atoms with van der Waals surface area (Å²) in [5.41, 5.74) is 2.02. The van der Waals surface area contributed by atoms with Crippen molar-refractivity contribution in [1.29, 1.82) is 0 Å². The molecule has 0 saturated carbocycles. The maximum absolute atomic E-state index is 10.5. The molecule has 6 heteroatoms. The summed E-state index contributed by atoms with van der Waals surface area (Å²) in [5, 5.41) is 24.4. The molecule has 2 heterocycles. The maximum atomic E-state index is 10.5. The zero-order chi connectivity index (χ0) is 13.7. The van der Waals surface area contributed by atoms with Crippen molar-refractivity contribution in [2.45, 2.75) is 12.2 Å². The smallest absolute Gasteiger partial charge is 0.152 e. The lowest BCUT2D eigenvalue weighted by molar-refractivity contribution is 0.173. The normalized spacial score (nSPS) is 20.5. The first-order valence-corrected chi connectivity index (χ1v) is 7.81. The van der Waals surface area contributed by atoms with E-state index in [9.17, 15) is 10.2 Å². The highest BCUT2D eigenvalue weighted by molar-refractivity contribution is 7.20. The fourth-order valence-electron chi connectivity index (χ4n) is 2.45. The molecule has 2 atom stereocenters. The molecule has 2 N–H and O–H groups in total. The summed E-state index contributed by atoms with van der Waals surface area (Å²) in [6.07, 6.45) is 0.215. The van der Waals surface area contributed by atoms with E-state index in [2.05, 4.69) is 9.97 Å². The molecule has 4 rings (SSSR count). The molecule has 1 aromatic carbocycles. The fraction of sp³-hybridized carbons (Fsp3) is 0.143. The molecule has 2 unspecified atom stereocenters. The van der Waals surface area contributed by atoms with Crippen LogP contribution in [0.25, 0.3) is 10.0 Å². The molecule has 2 aromatic heterocycles. The fourth-order valence-corrected chi connectivity index (χ4v) is 4.23. The van der Waals surface area contributed by atoms with Gasteiger partial charge < -0.3 is 10.2 Å². The third-order valence-corrected chi connectivity index (χ3v) is 5.43. The lowest BCUT2D eigenvalue weighted by Crippen LogP contribution is -2.16. The minimum absolute atomic E-state index is 0.548. The molecular formula is C14H10N2O2S2. The van der Waals surface area contributed by atoms with Crippen LogP contribution in [-0.2, 0) is 0 Å². The number of aliphatic hydroxyl groups excluding tert-OH is 2. The van der Waals surface area contributed by atoms with Crippen LogP contribution in [0.2, 0.25) is 0 Å². The number of hydrogen-bond acceptors (Lipinski definition) is 6. The van der Waals surface area contributed by atoms with E-state index in [1.165, 1.54) is 22.7 Å². The van der Waals surface area contributed by atoms with Gasteiger partial charge >= 0.3 is 0 Å². The second-order valence-electron chi connectivity index (χ2n) is 4.54. The highest BCUT2D eigenvalue weighted by Gasteiger charge is 2.33. The molecule has 0 spiro atoms. The zero-order valence-corrected chi connectivity index (χ0v) is 11.9. The summed E-state index contributed by atoms with van der Waals surface area (Å²) < 4.78 is 0. The molecule has 0 bridgehead atoms. The lowest BCUT2D eigenvalue weighted by Gasteiger charge is -2.24. The monoisotopic (exact) mass is 302 g/mol. The van der Waals surface area contributed by atoms with E-state index in [0.29, 0.717) is 10.6 Å². The summed E-state index contributed by atoms with van der Waals surface area (Å²) >= 11 is 2.89. The Morgan fingerprint density at radius 1 is 1.00 bits per heavy atom. The molecule has 4 nitrogen and oxygen atoms in total. The van der Waals surface area contributed by atoms with E-state index in [4.69, 9.17) is 0 Å². The van der Waals surface area contributed by atoms with Crippen molar-refractivity contribution < 1.29 is 10.2 Å². The van der Waals surface area contributed by atoms with Crippen molar-refractivity contribution in [3.63, 3.8) is 0 Å². The zero-order valence-electron chi connectivity index (χ0n) is 10.2. The van der Waals surface area contributed by atoms with Gasteiger partial charge in [0.2, 0.25) is 0 Å². The Hall–Kier alpha value is -1.60. The third-order valence-electron chi connectivity index (χ3n) is 3.39. The number of benzene rings is 1. The van der Waals surface area contributed by atoms with Crippen LogP contribution in [-0.4, -0.2) is 20.2 Å².